The van der Waals surface area contributed by atoms with Crippen LogP contribution >= 0.6 is 30.3 Å². The Balaban J connectivity index is 1.43. The highest BCUT2D eigenvalue weighted by atomic mass is 127. The number of aliphatic hydroxyl groups excluding tert-OH is 1. The predicted molar refractivity (Wildman–Crippen MR) is 172 cm³/mol. The third kappa shape index (κ3) is 6.80. The van der Waals surface area contributed by atoms with Crippen LogP contribution in [-0.4, -0.2) is 79.9 Å². The van der Waals surface area contributed by atoms with Crippen LogP contribution in [0.2, 0.25) is 0 Å². The maximum absolute atomic E-state index is 14.3. The van der Waals surface area contributed by atoms with Gasteiger partial charge in [0.15, 0.2) is 21.2 Å². The topological polar surface area (TPSA) is 176 Å². The van der Waals surface area contributed by atoms with Crippen LogP contribution in [-0.2, 0) is 23.4 Å². The lowest BCUT2D eigenvalue weighted by molar-refractivity contribution is -0.145. The second kappa shape index (κ2) is 13.4. The Hall–Kier alpha value is -2.92. The van der Waals surface area contributed by atoms with Crippen LogP contribution < -0.4 is 14.3 Å². The van der Waals surface area contributed by atoms with Crippen molar-refractivity contribution in [3.8, 4) is 11.6 Å². The molecule has 5 rings (SSSR count). The molecule has 45 heavy (non-hydrogen) atoms. The Morgan fingerprint density at radius 2 is 1.96 bits per heavy atom. The number of imidazole rings is 1. The molecule has 1 unspecified atom stereocenters. The minimum atomic E-state index is -4.34. The molecule has 0 saturated carbocycles. The van der Waals surface area contributed by atoms with Crippen molar-refractivity contribution in [2.75, 3.05) is 20.3 Å². The fraction of sp³-hybridized carbons (Fsp3) is 0.448. The minimum absolute atomic E-state index is 0.191. The summed E-state index contributed by atoms with van der Waals surface area (Å²) in [5, 5.41) is 26.9. The first-order chi connectivity index (χ1) is 21.4. The molecule has 1 aliphatic rings. The van der Waals surface area contributed by atoms with Crippen molar-refractivity contribution in [1.29, 1.82) is 0 Å². The van der Waals surface area contributed by atoms with Crippen molar-refractivity contribution in [3.05, 3.63) is 52.1 Å². The highest BCUT2D eigenvalue weighted by Gasteiger charge is 2.55. The van der Waals surface area contributed by atoms with Gasteiger partial charge < -0.3 is 28.9 Å². The number of hydrogen-bond acceptors (Lipinski definition) is 12. The zero-order chi connectivity index (χ0) is 32.5. The molecular weight excluding hydrogens is 720 g/mol. The first-order valence-electron chi connectivity index (χ1n) is 14.3. The fourth-order valence-electron chi connectivity index (χ4n) is 5.01. The van der Waals surface area contributed by atoms with Gasteiger partial charge in [0.05, 0.1) is 20.3 Å². The van der Waals surface area contributed by atoms with Crippen molar-refractivity contribution in [3.63, 3.8) is 0 Å². The number of nitrogens with zero attached hydrogens (tertiary/aromatic N) is 4. The van der Waals surface area contributed by atoms with Gasteiger partial charge in [0.2, 0.25) is 5.88 Å². The smallest absolute Gasteiger partial charge is 0.459 e. The van der Waals surface area contributed by atoms with E-state index in [1.807, 2.05) is 53.8 Å². The Kier molecular flexibility index (Phi) is 9.99. The number of aromatic nitrogens is 4. The largest absolute Gasteiger partial charge is 0.479 e. The van der Waals surface area contributed by atoms with Gasteiger partial charge in [-0.25, -0.2) is 14.5 Å². The molecule has 0 radical (unpaired) electrons. The Morgan fingerprint density at radius 1 is 1.22 bits per heavy atom. The summed E-state index contributed by atoms with van der Waals surface area (Å²) in [7, 11) is -2.87. The molecule has 16 heteroatoms. The molecule has 1 aliphatic heterocycles. The van der Waals surface area contributed by atoms with E-state index in [4.69, 9.17) is 23.3 Å². The van der Waals surface area contributed by atoms with E-state index in [9.17, 15) is 19.6 Å². The molecule has 0 amide bonds. The van der Waals surface area contributed by atoms with Crippen molar-refractivity contribution < 1.29 is 42.8 Å². The molecule has 3 N–H and O–H groups in total. The third-order valence-electron chi connectivity index (χ3n) is 7.29. The summed E-state index contributed by atoms with van der Waals surface area (Å²) in [6.45, 7) is 6.14. The highest BCUT2D eigenvalue weighted by molar-refractivity contribution is 14.1. The standard InChI is InChI=1S/C29H35IN5O9P/c1-6-14-41-26(37)16(2)34-45(39,44-20-13-9-11-18-10-7-8-12-19(18)20)42-15-21-23(36)29(4,38)27(43-21)35-24-22(33-28(35)30)25(40-5)32-17(3)31-24/h7-13,16,21,23,27,36,38H,6,14-15H2,1-5H3,(H,34,39)/t16-,21+,23+,27+,29+,45?/m0/s1. The van der Waals surface area contributed by atoms with Gasteiger partial charge in [-0.05, 0) is 38.6 Å². The predicted octanol–water partition coefficient (Wildman–Crippen LogP) is 4.05. The fourth-order valence-corrected chi connectivity index (χ4v) is 7.26. The summed E-state index contributed by atoms with van der Waals surface area (Å²) in [4.78, 5) is 25.8. The molecule has 3 heterocycles. The van der Waals surface area contributed by atoms with E-state index in [0.717, 1.165) is 5.39 Å². The molecule has 6 atom stereocenters. The van der Waals surface area contributed by atoms with Crippen molar-refractivity contribution in [1.82, 2.24) is 24.6 Å². The quantitative estimate of drug-likeness (QED) is 0.0818. The summed E-state index contributed by atoms with van der Waals surface area (Å²) in [6.07, 6.45) is -3.25. The number of carbonyl (C=O) groups is 1. The zero-order valence-electron chi connectivity index (χ0n) is 25.3. The number of halogens is 1. The van der Waals surface area contributed by atoms with Gasteiger partial charge in [0.1, 0.15) is 35.4 Å². The second-order valence-electron chi connectivity index (χ2n) is 10.8. The van der Waals surface area contributed by atoms with Crippen molar-refractivity contribution in [2.24, 2.45) is 0 Å². The number of ether oxygens (including phenoxy) is 3. The lowest BCUT2D eigenvalue weighted by Crippen LogP contribution is -2.45. The Labute approximate surface area is 273 Å². The van der Waals surface area contributed by atoms with E-state index >= 15 is 0 Å². The Bertz CT molecular complexity index is 1750. The number of hydrogen-bond donors (Lipinski definition) is 3. The molecule has 0 spiro atoms. The number of benzene rings is 2. The lowest BCUT2D eigenvalue weighted by atomic mass is 9.96. The molecule has 1 saturated heterocycles. The second-order valence-corrected chi connectivity index (χ2v) is 13.4. The van der Waals surface area contributed by atoms with Gasteiger partial charge >= 0.3 is 13.7 Å². The van der Waals surface area contributed by atoms with E-state index in [1.165, 1.54) is 25.5 Å². The number of aliphatic hydroxyl groups is 2. The van der Waals surface area contributed by atoms with Crippen LogP contribution in [0.3, 0.4) is 0 Å². The molecular formula is C29H35IN5O9P. The highest BCUT2D eigenvalue weighted by Crippen LogP contribution is 2.49. The van der Waals surface area contributed by atoms with Gasteiger partial charge in [-0.2, -0.15) is 10.1 Å². The van der Waals surface area contributed by atoms with Crippen molar-refractivity contribution in [2.45, 2.75) is 64.2 Å². The first kappa shape index (κ1) is 33.4. The molecule has 0 bridgehead atoms. The maximum atomic E-state index is 14.3. The maximum Gasteiger partial charge on any atom is 0.459 e. The van der Waals surface area contributed by atoms with E-state index < -0.39 is 50.4 Å². The van der Waals surface area contributed by atoms with Gasteiger partial charge in [-0.3, -0.25) is 13.9 Å². The number of carbonyl (C=O) groups excluding carboxylic acids is 1. The minimum Gasteiger partial charge on any atom is -0.479 e. The molecule has 1 fully saturated rings. The SMILES string of the molecule is CCCOC(=O)[C@H](C)NP(=O)(OC[C@H]1O[C@@H](n2c(I)nc3c(OC)nc(C)nc32)[C@](C)(O)[C@@H]1O)Oc1cccc2ccccc12. The van der Waals surface area contributed by atoms with Gasteiger partial charge in [0, 0.05) is 28.0 Å². The van der Waals surface area contributed by atoms with Crippen LogP contribution in [0.1, 0.15) is 39.2 Å². The summed E-state index contributed by atoms with van der Waals surface area (Å²) in [5.74, 6) is 0.256. The molecule has 242 valence electrons. The molecule has 14 nitrogen and oxygen atoms in total. The number of methoxy groups -OCH3 is 1. The van der Waals surface area contributed by atoms with E-state index in [0.29, 0.717) is 32.6 Å². The number of esters is 1. The van der Waals surface area contributed by atoms with Crippen LogP contribution in [0.5, 0.6) is 11.6 Å². The molecule has 0 aliphatic carbocycles. The van der Waals surface area contributed by atoms with Crippen LogP contribution in [0.4, 0.5) is 0 Å². The van der Waals surface area contributed by atoms with Crippen LogP contribution in [0.15, 0.2) is 42.5 Å². The van der Waals surface area contributed by atoms with Crippen molar-refractivity contribution >= 4 is 58.2 Å². The number of rotatable bonds is 12. The summed E-state index contributed by atoms with van der Waals surface area (Å²) >= 11 is 1.97. The first-order valence-corrected chi connectivity index (χ1v) is 16.9. The van der Waals surface area contributed by atoms with E-state index in [1.54, 1.807) is 25.1 Å². The van der Waals surface area contributed by atoms with Crippen LogP contribution in [0, 0.1) is 10.8 Å². The number of aryl methyl sites for hydroxylation is 1. The summed E-state index contributed by atoms with van der Waals surface area (Å²) < 4.78 is 44.7. The Morgan fingerprint density at radius 3 is 2.69 bits per heavy atom. The van der Waals surface area contributed by atoms with E-state index in [-0.39, 0.29) is 18.2 Å². The van der Waals surface area contributed by atoms with Crippen LogP contribution in [0.25, 0.3) is 21.9 Å². The van der Waals surface area contributed by atoms with Gasteiger partial charge in [0.25, 0.3) is 0 Å². The van der Waals surface area contributed by atoms with E-state index in [2.05, 4.69) is 20.0 Å². The van der Waals surface area contributed by atoms with Gasteiger partial charge in [-0.15, -0.1) is 0 Å². The number of fused-ring (bicyclic) bond motifs is 2. The zero-order valence-corrected chi connectivity index (χ0v) is 28.4. The average molecular weight is 756 g/mol. The normalized spacial score (nSPS) is 23.6. The van der Waals surface area contributed by atoms with Gasteiger partial charge in [-0.1, -0.05) is 43.3 Å². The monoisotopic (exact) mass is 755 g/mol. The average Bonchev–Trinajstić information content (AvgIpc) is 3.44. The number of nitrogens with one attached hydrogen (secondary N) is 1. The third-order valence-corrected chi connectivity index (χ3v) is 9.68. The molecule has 4 aromatic rings. The molecule has 2 aromatic carbocycles. The summed E-state index contributed by atoms with van der Waals surface area (Å²) in [6, 6.07) is 11.5. The lowest BCUT2D eigenvalue weighted by Gasteiger charge is -2.28. The molecule has 2 aromatic heterocycles. The summed E-state index contributed by atoms with van der Waals surface area (Å²) in [5.41, 5.74) is -1.19.